The van der Waals surface area contributed by atoms with E-state index in [-0.39, 0.29) is 0 Å². The lowest BCUT2D eigenvalue weighted by Crippen LogP contribution is -2.37. The number of anilines is 4. The van der Waals surface area contributed by atoms with E-state index < -0.39 is 0 Å². The normalized spacial score (nSPS) is 14.1. The van der Waals surface area contributed by atoms with Crippen molar-refractivity contribution in [2.75, 3.05) is 41.9 Å². The summed E-state index contributed by atoms with van der Waals surface area (Å²) in [5.74, 6) is 1.41. The molecular formula is C24H23N7O. The molecule has 4 aromatic rings. The molecule has 2 heterocycles. The van der Waals surface area contributed by atoms with Gasteiger partial charge in [0.2, 0.25) is 17.8 Å². The Bertz CT molecular complexity index is 1220. The summed E-state index contributed by atoms with van der Waals surface area (Å²) in [7, 11) is 0. The molecule has 0 aliphatic carbocycles. The van der Waals surface area contributed by atoms with Gasteiger partial charge in [0.25, 0.3) is 0 Å². The Balaban J connectivity index is 1.38. The first-order chi connectivity index (χ1) is 15.8. The molecule has 0 radical (unpaired) electrons. The first kappa shape index (κ1) is 19.9. The Morgan fingerprint density at radius 3 is 2.41 bits per heavy atom. The number of nitrogens with zero attached hydrogens (tertiary/aromatic N) is 5. The van der Waals surface area contributed by atoms with Crippen LogP contribution in [0.2, 0.25) is 0 Å². The van der Waals surface area contributed by atoms with E-state index in [1.54, 1.807) is 6.21 Å². The van der Waals surface area contributed by atoms with Crippen molar-refractivity contribution in [1.82, 2.24) is 15.0 Å². The third-order valence-electron chi connectivity index (χ3n) is 5.10. The van der Waals surface area contributed by atoms with Crippen LogP contribution in [0.25, 0.3) is 10.8 Å². The highest BCUT2D eigenvalue weighted by Gasteiger charge is 2.16. The second-order valence-corrected chi connectivity index (χ2v) is 7.35. The smallest absolute Gasteiger partial charge is 0.250 e. The van der Waals surface area contributed by atoms with Gasteiger partial charge in [0.05, 0.1) is 19.4 Å². The predicted molar refractivity (Wildman–Crippen MR) is 128 cm³/mol. The van der Waals surface area contributed by atoms with Crippen LogP contribution in [0.3, 0.4) is 0 Å². The summed E-state index contributed by atoms with van der Waals surface area (Å²) in [6.45, 7) is 2.76. The predicted octanol–water partition coefficient (Wildman–Crippen LogP) is 4.05. The van der Waals surface area contributed by atoms with Crippen molar-refractivity contribution in [3.63, 3.8) is 0 Å². The van der Waals surface area contributed by atoms with Crippen LogP contribution in [0.15, 0.2) is 77.9 Å². The zero-order valence-electron chi connectivity index (χ0n) is 17.5. The van der Waals surface area contributed by atoms with Crippen molar-refractivity contribution >= 4 is 40.5 Å². The summed E-state index contributed by atoms with van der Waals surface area (Å²) in [6, 6.07) is 24.2. The third kappa shape index (κ3) is 4.81. The Labute approximate surface area is 186 Å². The highest BCUT2D eigenvalue weighted by molar-refractivity contribution is 5.90. The Morgan fingerprint density at radius 2 is 1.56 bits per heavy atom. The van der Waals surface area contributed by atoms with Gasteiger partial charge >= 0.3 is 0 Å². The number of para-hydroxylation sites is 1. The molecule has 2 N–H and O–H groups in total. The van der Waals surface area contributed by atoms with E-state index in [9.17, 15) is 0 Å². The van der Waals surface area contributed by atoms with Gasteiger partial charge in [-0.05, 0) is 34.5 Å². The molecule has 5 rings (SSSR count). The third-order valence-corrected chi connectivity index (χ3v) is 5.10. The van der Waals surface area contributed by atoms with Crippen LogP contribution in [0.1, 0.15) is 5.56 Å². The molecule has 32 heavy (non-hydrogen) atoms. The first-order valence-electron chi connectivity index (χ1n) is 10.5. The Morgan fingerprint density at radius 1 is 0.812 bits per heavy atom. The molecule has 0 amide bonds. The van der Waals surface area contributed by atoms with E-state index in [2.05, 4.69) is 60.0 Å². The minimum absolute atomic E-state index is 0.372. The highest BCUT2D eigenvalue weighted by atomic mass is 16.5. The second-order valence-electron chi connectivity index (χ2n) is 7.35. The summed E-state index contributed by atoms with van der Waals surface area (Å²) >= 11 is 0. The number of fused-ring (bicyclic) bond motifs is 1. The van der Waals surface area contributed by atoms with E-state index in [0.717, 1.165) is 24.3 Å². The molecule has 0 bridgehead atoms. The van der Waals surface area contributed by atoms with Crippen molar-refractivity contribution in [2.24, 2.45) is 5.10 Å². The van der Waals surface area contributed by atoms with E-state index >= 15 is 0 Å². The molecule has 3 aromatic carbocycles. The SMILES string of the molecule is C(=N/Nc1nc(Nc2ccccc2)nc(N2CCOCC2)n1)/c1ccc2ccccc2c1. The molecule has 8 heteroatoms. The molecule has 0 spiro atoms. The number of rotatable bonds is 6. The first-order valence-corrected chi connectivity index (χ1v) is 10.5. The van der Waals surface area contributed by atoms with Gasteiger partial charge in [0.15, 0.2) is 0 Å². The van der Waals surface area contributed by atoms with Crippen LogP contribution in [0.4, 0.5) is 23.5 Å². The minimum Gasteiger partial charge on any atom is -0.378 e. The average Bonchev–Trinajstić information content (AvgIpc) is 2.85. The Hall–Kier alpha value is -4.04. The van der Waals surface area contributed by atoms with Gasteiger partial charge in [-0.25, -0.2) is 5.43 Å². The second kappa shape index (κ2) is 9.40. The maximum atomic E-state index is 5.45. The molecule has 1 saturated heterocycles. The number of hydrogen-bond donors (Lipinski definition) is 2. The van der Waals surface area contributed by atoms with Gasteiger partial charge in [-0.3, -0.25) is 0 Å². The maximum absolute atomic E-state index is 5.45. The minimum atomic E-state index is 0.372. The molecular weight excluding hydrogens is 402 g/mol. The lowest BCUT2D eigenvalue weighted by atomic mass is 10.1. The van der Waals surface area contributed by atoms with Gasteiger partial charge in [-0.1, -0.05) is 54.6 Å². The van der Waals surface area contributed by atoms with Gasteiger partial charge < -0.3 is 15.0 Å². The monoisotopic (exact) mass is 425 g/mol. The van der Waals surface area contributed by atoms with Crippen LogP contribution in [-0.4, -0.2) is 47.5 Å². The van der Waals surface area contributed by atoms with Gasteiger partial charge in [-0.15, -0.1) is 0 Å². The van der Waals surface area contributed by atoms with Crippen LogP contribution < -0.4 is 15.6 Å². The van der Waals surface area contributed by atoms with E-state index in [1.807, 2.05) is 48.5 Å². The van der Waals surface area contributed by atoms with E-state index in [0.29, 0.717) is 31.1 Å². The highest BCUT2D eigenvalue weighted by Crippen LogP contribution is 2.19. The lowest BCUT2D eigenvalue weighted by molar-refractivity contribution is 0.122. The largest absolute Gasteiger partial charge is 0.378 e. The van der Waals surface area contributed by atoms with Crippen LogP contribution >= 0.6 is 0 Å². The van der Waals surface area contributed by atoms with Gasteiger partial charge in [0.1, 0.15) is 0 Å². The van der Waals surface area contributed by atoms with Crippen molar-refractivity contribution in [3.8, 4) is 0 Å². The summed E-state index contributed by atoms with van der Waals surface area (Å²) in [5.41, 5.74) is 4.84. The molecule has 1 aliphatic rings. The molecule has 0 atom stereocenters. The number of nitrogens with one attached hydrogen (secondary N) is 2. The molecule has 8 nitrogen and oxygen atoms in total. The summed E-state index contributed by atoms with van der Waals surface area (Å²) < 4.78 is 5.45. The zero-order valence-corrected chi connectivity index (χ0v) is 17.5. The molecule has 1 fully saturated rings. The molecule has 1 aromatic heterocycles. The fraction of sp³-hybridized carbons (Fsp3) is 0.167. The average molecular weight is 425 g/mol. The summed E-state index contributed by atoms with van der Waals surface area (Å²) in [6.07, 6.45) is 1.76. The van der Waals surface area contributed by atoms with Crippen LogP contribution in [0, 0.1) is 0 Å². The number of hydrogen-bond acceptors (Lipinski definition) is 8. The molecule has 0 unspecified atom stereocenters. The lowest BCUT2D eigenvalue weighted by Gasteiger charge is -2.27. The van der Waals surface area contributed by atoms with Crippen LogP contribution in [0.5, 0.6) is 0 Å². The van der Waals surface area contributed by atoms with Crippen molar-refractivity contribution in [1.29, 1.82) is 0 Å². The van der Waals surface area contributed by atoms with Gasteiger partial charge in [-0.2, -0.15) is 20.1 Å². The summed E-state index contributed by atoms with van der Waals surface area (Å²) in [4.78, 5) is 15.7. The molecule has 160 valence electrons. The van der Waals surface area contributed by atoms with E-state index in [1.165, 1.54) is 10.8 Å². The Kier molecular flexibility index (Phi) is 5.85. The zero-order chi connectivity index (χ0) is 21.6. The number of hydrazone groups is 1. The number of benzene rings is 3. The quantitative estimate of drug-likeness (QED) is 0.356. The van der Waals surface area contributed by atoms with Gasteiger partial charge in [0, 0.05) is 18.8 Å². The summed E-state index contributed by atoms with van der Waals surface area (Å²) in [5, 5.41) is 9.96. The fourth-order valence-electron chi connectivity index (χ4n) is 3.48. The van der Waals surface area contributed by atoms with Crippen molar-refractivity contribution < 1.29 is 4.74 Å². The number of morpholine rings is 1. The van der Waals surface area contributed by atoms with E-state index in [4.69, 9.17) is 4.74 Å². The molecule has 0 saturated carbocycles. The molecule has 1 aliphatic heterocycles. The van der Waals surface area contributed by atoms with Crippen LogP contribution in [-0.2, 0) is 4.74 Å². The maximum Gasteiger partial charge on any atom is 0.250 e. The fourth-order valence-corrected chi connectivity index (χ4v) is 3.48. The number of ether oxygens (including phenoxy) is 1. The standard InChI is InChI=1S/C24H23N7O/c1-2-8-21(9-3-1)26-22-27-23(29-24(28-22)31-12-14-32-15-13-31)30-25-17-18-10-11-19-6-4-5-7-20(19)16-18/h1-11,16-17H,12-15H2,(H2,26,27,28,29,30)/b25-17-. The van der Waals surface area contributed by atoms with Crippen molar-refractivity contribution in [2.45, 2.75) is 0 Å². The topological polar surface area (TPSA) is 87.6 Å². The van der Waals surface area contributed by atoms with Crippen molar-refractivity contribution in [3.05, 3.63) is 78.4 Å². The number of aromatic nitrogens is 3.